The first kappa shape index (κ1) is 14.7. The normalized spacial score (nSPS) is 20.4. The fourth-order valence-corrected chi connectivity index (χ4v) is 2.65. The SMILES string of the molecule is CCN=C(NS(=O)c1cn(C)cn1)N1CC(CC)C=N1. The van der Waals surface area contributed by atoms with Gasteiger partial charge in [-0.2, -0.15) is 5.10 Å². The average molecular weight is 296 g/mol. The molecule has 1 aliphatic heterocycles. The van der Waals surface area contributed by atoms with Crippen LogP contribution in [0.2, 0.25) is 0 Å². The average Bonchev–Trinajstić information content (AvgIpc) is 3.06. The van der Waals surface area contributed by atoms with Crippen LogP contribution in [0.5, 0.6) is 0 Å². The van der Waals surface area contributed by atoms with Crippen molar-refractivity contribution >= 4 is 23.2 Å². The molecule has 0 amide bonds. The van der Waals surface area contributed by atoms with E-state index in [1.807, 2.05) is 20.2 Å². The molecule has 0 aliphatic carbocycles. The van der Waals surface area contributed by atoms with Gasteiger partial charge in [0.2, 0.25) is 5.96 Å². The van der Waals surface area contributed by atoms with Crippen LogP contribution in [0.25, 0.3) is 0 Å². The van der Waals surface area contributed by atoms with Gasteiger partial charge < -0.3 is 4.57 Å². The van der Waals surface area contributed by atoms with Crippen LogP contribution in [0, 0.1) is 5.92 Å². The van der Waals surface area contributed by atoms with Gasteiger partial charge in [0.15, 0.2) is 16.0 Å². The molecule has 0 radical (unpaired) electrons. The molecule has 0 saturated heterocycles. The van der Waals surface area contributed by atoms with E-state index in [1.165, 1.54) is 0 Å². The van der Waals surface area contributed by atoms with Crippen molar-refractivity contribution in [3.63, 3.8) is 0 Å². The summed E-state index contributed by atoms with van der Waals surface area (Å²) < 4.78 is 16.9. The first-order valence-electron chi connectivity index (χ1n) is 6.66. The van der Waals surface area contributed by atoms with Crippen LogP contribution < -0.4 is 4.72 Å². The second-order valence-corrected chi connectivity index (χ2v) is 5.72. The molecule has 2 rings (SSSR count). The van der Waals surface area contributed by atoms with E-state index in [4.69, 9.17) is 0 Å². The molecule has 2 unspecified atom stereocenters. The molecular formula is C12H20N6OS. The Bertz CT molecular complexity index is 538. The third-order valence-corrected chi connectivity index (χ3v) is 3.91. The maximum atomic E-state index is 12.2. The predicted octanol–water partition coefficient (Wildman–Crippen LogP) is 0.736. The van der Waals surface area contributed by atoms with Gasteiger partial charge in [-0.1, -0.05) is 6.92 Å². The molecular weight excluding hydrogens is 276 g/mol. The van der Waals surface area contributed by atoms with E-state index in [-0.39, 0.29) is 0 Å². The molecule has 0 spiro atoms. The van der Waals surface area contributed by atoms with Crippen molar-refractivity contribution in [3.8, 4) is 0 Å². The van der Waals surface area contributed by atoms with Gasteiger partial charge in [0, 0.05) is 31.9 Å². The molecule has 1 aliphatic rings. The number of hydrazone groups is 1. The van der Waals surface area contributed by atoms with Crippen LogP contribution in [0.3, 0.4) is 0 Å². The Hall–Kier alpha value is -1.70. The van der Waals surface area contributed by atoms with E-state index in [2.05, 4.69) is 26.7 Å². The van der Waals surface area contributed by atoms with Crippen LogP contribution in [0.1, 0.15) is 20.3 Å². The van der Waals surface area contributed by atoms with E-state index >= 15 is 0 Å². The van der Waals surface area contributed by atoms with Gasteiger partial charge in [0.05, 0.1) is 12.9 Å². The van der Waals surface area contributed by atoms with E-state index in [9.17, 15) is 4.21 Å². The third-order valence-electron chi connectivity index (χ3n) is 2.96. The molecule has 110 valence electrons. The maximum Gasteiger partial charge on any atom is 0.227 e. The number of aromatic nitrogens is 2. The highest BCUT2D eigenvalue weighted by molar-refractivity contribution is 7.83. The van der Waals surface area contributed by atoms with Crippen LogP contribution in [0.4, 0.5) is 0 Å². The Kier molecular flexibility index (Phi) is 4.89. The summed E-state index contributed by atoms with van der Waals surface area (Å²) in [5.74, 6) is 0.950. The van der Waals surface area contributed by atoms with Crippen molar-refractivity contribution < 1.29 is 4.21 Å². The Morgan fingerprint density at radius 1 is 1.60 bits per heavy atom. The maximum absolute atomic E-state index is 12.2. The number of guanidine groups is 1. The van der Waals surface area contributed by atoms with Gasteiger partial charge in [-0.15, -0.1) is 0 Å². The number of nitrogens with zero attached hydrogens (tertiary/aromatic N) is 5. The van der Waals surface area contributed by atoms with Gasteiger partial charge in [0.1, 0.15) is 0 Å². The highest BCUT2D eigenvalue weighted by atomic mass is 32.2. The molecule has 2 atom stereocenters. The molecule has 8 heteroatoms. The zero-order valence-electron chi connectivity index (χ0n) is 12.0. The number of nitrogens with one attached hydrogen (secondary N) is 1. The number of rotatable bonds is 4. The molecule has 2 heterocycles. The fourth-order valence-electron chi connectivity index (χ4n) is 1.80. The number of aliphatic imine (C=N–C) groups is 1. The van der Waals surface area contributed by atoms with E-state index in [0.29, 0.717) is 23.4 Å². The molecule has 0 saturated carbocycles. The first-order chi connectivity index (χ1) is 9.63. The van der Waals surface area contributed by atoms with Crippen molar-refractivity contribution in [1.29, 1.82) is 0 Å². The molecule has 1 aromatic heterocycles. The molecule has 20 heavy (non-hydrogen) atoms. The lowest BCUT2D eigenvalue weighted by Crippen LogP contribution is -2.39. The van der Waals surface area contributed by atoms with Crippen LogP contribution >= 0.6 is 0 Å². The quantitative estimate of drug-likeness (QED) is 0.657. The minimum atomic E-state index is -1.43. The predicted molar refractivity (Wildman–Crippen MR) is 79.7 cm³/mol. The third kappa shape index (κ3) is 3.44. The number of hydrogen-bond donors (Lipinski definition) is 1. The van der Waals surface area contributed by atoms with Crippen molar-refractivity contribution in [2.24, 2.45) is 23.1 Å². The highest BCUT2D eigenvalue weighted by Crippen LogP contribution is 2.12. The summed E-state index contributed by atoms with van der Waals surface area (Å²) in [5, 5.41) is 6.55. The first-order valence-corrected chi connectivity index (χ1v) is 7.81. The largest absolute Gasteiger partial charge is 0.339 e. The Morgan fingerprint density at radius 3 is 2.95 bits per heavy atom. The number of hydrogen-bond acceptors (Lipinski definition) is 4. The summed E-state index contributed by atoms with van der Waals surface area (Å²) in [6.45, 7) is 5.42. The molecule has 0 bridgehead atoms. The monoisotopic (exact) mass is 296 g/mol. The fraction of sp³-hybridized carbons (Fsp3) is 0.583. The van der Waals surface area contributed by atoms with Gasteiger partial charge in [0.25, 0.3) is 0 Å². The number of aryl methyl sites for hydroxylation is 1. The summed E-state index contributed by atoms with van der Waals surface area (Å²) in [6.07, 6.45) is 6.28. The van der Waals surface area contributed by atoms with E-state index < -0.39 is 11.0 Å². The van der Waals surface area contributed by atoms with Crippen LogP contribution in [-0.4, -0.2) is 44.0 Å². The number of imidazole rings is 1. The summed E-state index contributed by atoms with van der Waals surface area (Å²) in [4.78, 5) is 8.41. The topological polar surface area (TPSA) is 74.9 Å². The lowest BCUT2D eigenvalue weighted by Gasteiger charge is -2.18. The van der Waals surface area contributed by atoms with Crippen molar-refractivity contribution in [1.82, 2.24) is 19.3 Å². The van der Waals surface area contributed by atoms with Crippen LogP contribution in [0.15, 0.2) is 27.6 Å². The Balaban J connectivity index is 2.05. The van der Waals surface area contributed by atoms with Crippen LogP contribution in [-0.2, 0) is 18.0 Å². The molecule has 1 N–H and O–H groups in total. The summed E-state index contributed by atoms with van der Waals surface area (Å²) in [6, 6.07) is 0. The molecule has 1 aromatic rings. The zero-order chi connectivity index (χ0) is 14.5. The van der Waals surface area contributed by atoms with Gasteiger partial charge >= 0.3 is 0 Å². The second kappa shape index (κ2) is 6.65. The second-order valence-electron chi connectivity index (χ2n) is 4.56. The van der Waals surface area contributed by atoms with Gasteiger partial charge in [-0.05, 0) is 13.3 Å². The zero-order valence-corrected chi connectivity index (χ0v) is 12.8. The molecule has 0 fully saturated rings. The lowest BCUT2D eigenvalue weighted by atomic mass is 10.1. The van der Waals surface area contributed by atoms with Crippen molar-refractivity contribution in [2.75, 3.05) is 13.1 Å². The van der Waals surface area contributed by atoms with Gasteiger partial charge in [-0.25, -0.2) is 14.2 Å². The molecule has 7 nitrogen and oxygen atoms in total. The minimum Gasteiger partial charge on any atom is -0.339 e. The van der Waals surface area contributed by atoms with E-state index in [1.54, 1.807) is 22.1 Å². The van der Waals surface area contributed by atoms with Gasteiger partial charge in [-0.3, -0.25) is 9.71 Å². The summed E-state index contributed by atoms with van der Waals surface area (Å²) in [7, 11) is 0.407. The Labute approximate surface area is 121 Å². The molecule has 0 aromatic carbocycles. The smallest absolute Gasteiger partial charge is 0.227 e. The van der Waals surface area contributed by atoms with Crippen molar-refractivity contribution in [2.45, 2.75) is 25.3 Å². The highest BCUT2D eigenvalue weighted by Gasteiger charge is 2.22. The Morgan fingerprint density at radius 2 is 2.40 bits per heavy atom. The summed E-state index contributed by atoms with van der Waals surface area (Å²) >= 11 is 0. The minimum absolute atomic E-state index is 0.419. The summed E-state index contributed by atoms with van der Waals surface area (Å²) in [5.41, 5.74) is 0. The lowest BCUT2D eigenvalue weighted by molar-refractivity contribution is 0.431. The standard InChI is InChI=1S/C12H20N6OS/c1-4-10-6-15-18(7-10)12(13-5-2)16-20(19)11-8-17(3)9-14-11/h6,8-10H,4-5,7H2,1-3H3,(H,13,16). The van der Waals surface area contributed by atoms with Crippen molar-refractivity contribution in [3.05, 3.63) is 12.5 Å². The van der Waals surface area contributed by atoms with E-state index in [0.717, 1.165) is 13.0 Å².